The molecule has 1 heterocycles. The predicted octanol–water partition coefficient (Wildman–Crippen LogP) is 4.29. The number of rotatable bonds is 8. The zero-order valence-electron chi connectivity index (χ0n) is 10.2. The smallest absolute Gasteiger partial charge is 0.185 e. The number of hydrogen-bond acceptors (Lipinski definition) is 3. The Morgan fingerprint density at radius 3 is 2.31 bits per heavy atom. The summed E-state index contributed by atoms with van der Waals surface area (Å²) in [5.74, 6) is 0.520. The topological polar surface area (TPSA) is 16.1 Å². The van der Waals surface area contributed by atoms with Gasteiger partial charge in [-0.3, -0.25) is 0 Å². The van der Waals surface area contributed by atoms with Crippen molar-refractivity contribution in [1.82, 2.24) is 4.98 Å². The fourth-order valence-electron chi connectivity index (χ4n) is 1.50. The second kappa shape index (κ2) is 7.91. The van der Waals surface area contributed by atoms with E-state index in [1.165, 1.54) is 25.7 Å². The van der Waals surface area contributed by atoms with Crippen LogP contribution in [0.3, 0.4) is 0 Å². The molecule has 0 aliphatic heterocycles. The number of thiazole rings is 1. The fraction of sp³-hybridized carbons (Fsp3) is 0.750. The molecule has 0 amide bonds. The van der Waals surface area contributed by atoms with E-state index in [1.807, 2.05) is 0 Å². The molecule has 0 radical (unpaired) electrons. The van der Waals surface area contributed by atoms with Gasteiger partial charge in [-0.05, 0) is 12.8 Å². The number of nitrogens with zero attached hydrogens (tertiary/aromatic N) is 2. The maximum atomic E-state index is 5.78. The molecule has 0 aromatic carbocycles. The maximum absolute atomic E-state index is 5.78. The Hall–Kier alpha value is -0.280. The van der Waals surface area contributed by atoms with Gasteiger partial charge in [0, 0.05) is 18.5 Å². The lowest BCUT2D eigenvalue weighted by molar-refractivity contribution is 0.676. The molecule has 0 aliphatic carbocycles. The minimum atomic E-state index is 0.520. The molecular formula is C12H21ClN2S. The summed E-state index contributed by atoms with van der Waals surface area (Å²) in [6.45, 7) is 6.69. The highest BCUT2D eigenvalue weighted by atomic mass is 35.5. The fourth-order valence-corrected chi connectivity index (χ4v) is 2.61. The van der Waals surface area contributed by atoms with Gasteiger partial charge >= 0.3 is 0 Å². The number of anilines is 1. The molecule has 0 spiro atoms. The number of unbranched alkanes of at least 4 members (excludes halogenated alkanes) is 2. The Kier molecular flexibility index (Phi) is 6.81. The van der Waals surface area contributed by atoms with Crippen molar-refractivity contribution in [3.05, 3.63) is 11.1 Å². The van der Waals surface area contributed by atoms with Crippen LogP contribution in [-0.2, 0) is 5.88 Å². The molecule has 0 aliphatic rings. The van der Waals surface area contributed by atoms with Gasteiger partial charge in [0.1, 0.15) is 0 Å². The van der Waals surface area contributed by atoms with Gasteiger partial charge in [0.05, 0.1) is 11.6 Å². The highest BCUT2D eigenvalue weighted by Gasteiger charge is 2.09. The molecule has 0 N–H and O–H groups in total. The van der Waals surface area contributed by atoms with Gasteiger partial charge in [-0.15, -0.1) is 22.9 Å². The van der Waals surface area contributed by atoms with Crippen LogP contribution in [0.25, 0.3) is 0 Å². The zero-order valence-corrected chi connectivity index (χ0v) is 11.8. The van der Waals surface area contributed by atoms with E-state index in [0.717, 1.165) is 23.9 Å². The number of alkyl halides is 1. The van der Waals surface area contributed by atoms with E-state index in [2.05, 4.69) is 29.1 Å². The van der Waals surface area contributed by atoms with Crippen LogP contribution in [0.2, 0.25) is 0 Å². The molecule has 1 rings (SSSR count). The molecule has 0 bridgehead atoms. The Morgan fingerprint density at radius 2 is 1.88 bits per heavy atom. The Morgan fingerprint density at radius 1 is 1.25 bits per heavy atom. The monoisotopic (exact) mass is 260 g/mol. The minimum Gasteiger partial charge on any atom is -0.348 e. The Balaban J connectivity index is 2.58. The molecule has 16 heavy (non-hydrogen) atoms. The van der Waals surface area contributed by atoms with Crippen LogP contribution in [0.5, 0.6) is 0 Å². The van der Waals surface area contributed by atoms with Crippen molar-refractivity contribution in [3.8, 4) is 0 Å². The van der Waals surface area contributed by atoms with Crippen molar-refractivity contribution in [2.24, 2.45) is 0 Å². The molecule has 0 unspecified atom stereocenters. The third-order valence-electron chi connectivity index (χ3n) is 2.51. The molecule has 0 atom stereocenters. The van der Waals surface area contributed by atoms with Gasteiger partial charge in [-0.2, -0.15) is 0 Å². The number of hydrogen-bond donors (Lipinski definition) is 0. The van der Waals surface area contributed by atoms with Gasteiger partial charge in [0.25, 0.3) is 0 Å². The largest absolute Gasteiger partial charge is 0.348 e. The SMILES string of the molecule is CCCCN(CCCC)c1nc(CCl)cs1. The lowest BCUT2D eigenvalue weighted by atomic mass is 10.3. The van der Waals surface area contributed by atoms with E-state index in [9.17, 15) is 0 Å². The summed E-state index contributed by atoms with van der Waals surface area (Å²) in [5, 5.41) is 3.20. The van der Waals surface area contributed by atoms with Crippen LogP contribution >= 0.6 is 22.9 Å². The predicted molar refractivity (Wildman–Crippen MR) is 73.7 cm³/mol. The van der Waals surface area contributed by atoms with Crippen molar-refractivity contribution in [3.63, 3.8) is 0 Å². The summed E-state index contributed by atoms with van der Waals surface area (Å²) < 4.78 is 0. The highest BCUT2D eigenvalue weighted by Crippen LogP contribution is 2.22. The van der Waals surface area contributed by atoms with Gasteiger partial charge in [0.15, 0.2) is 5.13 Å². The van der Waals surface area contributed by atoms with Crippen LogP contribution in [0.1, 0.15) is 45.2 Å². The molecule has 0 saturated carbocycles. The number of aromatic nitrogens is 1. The van der Waals surface area contributed by atoms with Crippen LogP contribution in [0.15, 0.2) is 5.38 Å². The quantitative estimate of drug-likeness (QED) is 0.649. The molecule has 1 aromatic rings. The summed E-state index contributed by atoms with van der Waals surface area (Å²) in [6.07, 6.45) is 4.94. The summed E-state index contributed by atoms with van der Waals surface area (Å²) in [5.41, 5.74) is 1.000. The van der Waals surface area contributed by atoms with Crippen LogP contribution < -0.4 is 4.90 Å². The zero-order chi connectivity index (χ0) is 11.8. The number of halogens is 1. The molecule has 1 aromatic heterocycles. The van der Waals surface area contributed by atoms with E-state index in [4.69, 9.17) is 11.6 Å². The van der Waals surface area contributed by atoms with Crippen molar-refractivity contribution in [1.29, 1.82) is 0 Å². The van der Waals surface area contributed by atoms with E-state index in [1.54, 1.807) is 11.3 Å². The summed E-state index contributed by atoms with van der Waals surface area (Å²) in [4.78, 5) is 6.94. The van der Waals surface area contributed by atoms with E-state index in [0.29, 0.717) is 5.88 Å². The normalized spacial score (nSPS) is 10.7. The van der Waals surface area contributed by atoms with E-state index >= 15 is 0 Å². The molecule has 2 nitrogen and oxygen atoms in total. The second-order valence-electron chi connectivity index (χ2n) is 3.95. The van der Waals surface area contributed by atoms with Gasteiger partial charge in [0.2, 0.25) is 0 Å². The average Bonchev–Trinajstić information content (AvgIpc) is 2.78. The average molecular weight is 261 g/mol. The second-order valence-corrected chi connectivity index (χ2v) is 5.05. The third-order valence-corrected chi connectivity index (χ3v) is 3.73. The van der Waals surface area contributed by atoms with Crippen molar-refractivity contribution >= 4 is 28.1 Å². The van der Waals surface area contributed by atoms with Crippen molar-refractivity contribution < 1.29 is 0 Å². The first-order chi connectivity index (χ1) is 7.81. The summed E-state index contributed by atoms with van der Waals surface area (Å²) in [7, 11) is 0. The van der Waals surface area contributed by atoms with E-state index in [-0.39, 0.29) is 0 Å². The first-order valence-corrected chi connectivity index (χ1v) is 7.48. The van der Waals surface area contributed by atoms with Crippen molar-refractivity contribution in [2.45, 2.75) is 45.4 Å². The minimum absolute atomic E-state index is 0.520. The first kappa shape index (κ1) is 13.8. The van der Waals surface area contributed by atoms with Crippen LogP contribution in [0, 0.1) is 0 Å². The maximum Gasteiger partial charge on any atom is 0.185 e. The van der Waals surface area contributed by atoms with Gasteiger partial charge in [-0.25, -0.2) is 4.98 Å². The van der Waals surface area contributed by atoms with Crippen molar-refractivity contribution in [2.75, 3.05) is 18.0 Å². The Bertz CT molecular complexity index is 280. The standard InChI is InChI=1S/C12H21ClN2S/c1-3-5-7-15(8-6-4-2)12-14-11(9-13)10-16-12/h10H,3-9H2,1-2H3. The van der Waals surface area contributed by atoms with Gasteiger partial charge < -0.3 is 4.90 Å². The molecule has 4 heteroatoms. The highest BCUT2D eigenvalue weighted by molar-refractivity contribution is 7.13. The lowest BCUT2D eigenvalue weighted by Crippen LogP contribution is -2.25. The lowest BCUT2D eigenvalue weighted by Gasteiger charge is -2.21. The molecule has 0 fully saturated rings. The van der Waals surface area contributed by atoms with E-state index < -0.39 is 0 Å². The van der Waals surface area contributed by atoms with Crippen LogP contribution in [0.4, 0.5) is 5.13 Å². The van der Waals surface area contributed by atoms with Gasteiger partial charge in [-0.1, -0.05) is 26.7 Å². The Labute approximate surface area is 108 Å². The first-order valence-electron chi connectivity index (χ1n) is 6.07. The molecule has 0 saturated heterocycles. The van der Waals surface area contributed by atoms with Crippen LogP contribution in [-0.4, -0.2) is 18.1 Å². The third kappa shape index (κ3) is 4.30. The summed E-state index contributed by atoms with van der Waals surface area (Å²) in [6, 6.07) is 0. The summed E-state index contributed by atoms with van der Waals surface area (Å²) >= 11 is 7.49. The molecular weight excluding hydrogens is 240 g/mol. The molecule has 92 valence electrons.